The molecule has 1 aromatic heterocycles. The molecule has 2 rings (SSSR count). The Hall–Kier alpha value is -2.21. The van der Waals surface area contributed by atoms with Gasteiger partial charge in [-0.2, -0.15) is 5.10 Å². The summed E-state index contributed by atoms with van der Waals surface area (Å²) in [6, 6.07) is 5.37. The van der Waals surface area contributed by atoms with Gasteiger partial charge in [0.05, 0.1) is 13.3 Å². The first kappa shape index (κ1) is 13.2. The molecule has 0 aliphatic carbocycles. The van der Waals surface area contributed by atoms with E-state index in [2.05, 4.69) is 15.5 Å². The van der Waals surface area contributed by atoms with Gasteiger partial charge in [-0.15, -0.1) is 0 Å². The zero-order valence-electron chi connectivity index (χ0n) is 10.2. The standard InChI is InChI=1S/C12H13ClN4O2/c1-19-8-3-2-7(10(13)4-8)5-15-12-9(11(14)18)6-16-17-12/h2-4,6H,5H2,1H3,(H2,14,18)(H2,15,16,17). The molecular formula is C12H13ClN4O2. The number of benzene rings is 1. The molecular weight excluding hydrogens is 268 g/mol. The highest BCUT2D eigenvalue weighted by molar-refractivity contribution is 6.31. The number of carbonyl (C=O) groups is 1. The van der Waals surface area contributed by atoms with Crippen molar-refractivity contribution in [1.82, 2.24) is 10.2 Å². The Bertz CT molecular complexity index is 597. The molecule has 100 valence electrons. The molecule has 0 saturated heterocycles. The van der Waals surface area contributed by atoms with E-state index in [-0.39, 0.29) is 0 Å². The van der Waals surface area contributed by atoms with Crippen LogP contribution in [0.1, 0.15) is 15.9 Å². The third kappa shape index (κ3) is 2.97. The van der Waals surface area contributed by atoms with Crippen LogP contribution in [0.2, 0.25) is 5.02 Å². The molecule has 7 heteroatoms. The number of nitrogens with two attached hydrogens (primary N) is 1. The Morgan fingerprint density at radius 3 is 3.00 bits per heavy atom. The number of halogens is 1. The Kier molecular flexibility index (Phi) is 3.91. The average molecular weight is 281 g/mol. The van der Waals surface area contributed by atoms with Crippen LogP contribution in [0.4, 0.5) is 5.82 Å². The molecule has 1 amide bonds. The van der Waals surface area contributed by atoms with Crippen molar-refractivity contribution in [3.63, 3.8) is 0 Å². The number of primary amides is 1. The highest BCUT2D eigenvalue weighted by atomic mass is 35.5. The highest BCUT2D eigenvalue weighted by Gasteiger charge is 2.10. The number of nitrogens with zero attached hydrogens (tertiary/aromatic N) is 1. The number of ether oxygens (including phenoxy) is 1. The lowest BCUT2D eigenvalue weighted by atomic mass is 10.2. The monoisotopic (exact) mass is 280 g/mol. The highest BCUT2D eigenvalue weighted by Crippen LogP contribution is 2.23. The number of hydrogen-bond donors (Lipinski definition) is 3. The molecule has 0 radical (unpaired) electrons. The molecule has 0 aliphatic rings. The minimum Gasteiger partial charge on any atom is -0.497 e. The molecule has 4 N–H and O–H groups in total. The lowest BCUT2D eigenvalue weighted by molar-refractivity contribution is 0.100. The number of rotatable bonds is 5. The number of carbonyl (C=O) groups excluding carboxylic acids is 1. The van der Waals surface area contributed by atoms with E-state index in [1.54, 1.807) is 13.2 Å². The van der Waals surface area contributed by atoms with Crippen LogP contribution in [0, 0.1) is 0 Å². The molecule has 1 aromatic carbocycles. The minimum absolute atomic E-state index is 0.310. The lowest BCUT2D eigenvalue weighted by Crippen LogP contribution is -2.13. The summed E-state index contributed by atoms with van der Waals surface area (Å²) in [6.07, 6.45) is 1.38. The fourth-order valence-electron chi connectivity index (χ4n) is 1.59. The largest absolute Gasteiger partial charge is 0.497 e. The third-order valence-electron chi connectivity index (χ3n) is 2.62. The number of methoxy groups -OCH3 is 1. The first-order chi connectivity index (χ1) is 9.11. The number of hydrogen-bond acceptors (Lipinski definition) is 4. The van der Waals surface area contributed by atoms with E-state index in [4.69, 9.17) is 22.1 Å². The molecule has 0 bridgehead atoms. The van der Waals surface area contributed by atoms with E-state index in [0.717, 1.165) is 5.56 Å². The van der Waals surface area contributed by atoms with Gasteiger partial charge in [0.25, 0.3) is 5.91 Å². The van der Waals surface area contributed by atoms with E-state index in [0.29, 0.717) is 28.7 Å². The number of aromatic amines is 1. The SMILES string of the molecule is COc1ccc(CNc2[nH]ncc2C(N)=O)c(Cl)c1. The van der Waals surface area contributed by atoms with Gasteiger partial charge in [0.1, 0.15) is 17.1 Å². The minimum atomic E-state index is -0.544. The molecule has 0 saturated carbocycles. The zero-order valence-corrected chi connectivity index (χ0v) is 11.0. The van der Waals surface area contributed by atoms with Crippen LogP contribution in [0.15, 0.2) is 24.4 Å². The fraction of sp³-hybridized carbons (Fsp3) is 0.167. The van der Waals surface area contributed by atoms with Gasteiger partial charge >= 0.3 is 0 Å². The Balaban J connectivity index is 2.10. The maximum Gasteiger partial charge on any atom is 0.254 e. The van der Waals surface area contributed by atoms with Gasteiger partial charge in [-0.05, 0) is 17.7 Å². The van der Waals surface area contributed by atoms with Crippen LogP contribution in [0.3, 0.4) is 0 Å². The quantitative estimate of drug-likeness (QED) is 0.778. The van der Waals surface area contributed by atoms with E-state index in [9.17, 15) is 4.79 Å². The van der Waals surface area contributed by atoms with Crippen LogP contribution >= 0.6 is 11.6 Å². The molecule has 0 atom stereocenters. The number of amides is 1. The van der Waals surface area contributed by atoms with Gasteiger partial charge in [0, 0.05) is 11.6 Å². The van der Waals surface area contributed by atoms with Gasteiger partial charge in [-0.1, -0.05) is 17.7 Å². The molecule has 19 heavy (non-hydrogen) atoms. The molecule has 0 spiro atoms. The molecule has 0 aliphatic heterocycles. The second-order valence-electron chi connectivity index (χ2n) is 3.83. The summed E-state index contributed by atoms with van der Waals surface area (Å²) in [4.78, 5) is 11.1. The number of aromatic nitrogens is 2. The van der Waals surface area contributed by atoms with Crippen molar-refractivity contribution in [2.45, 2.75) is 6.54 Å². The van der Waals surface area contributed by atoms with Crippen molar-refractivity contribution in [3.8, 4) is 5.75 Å². The van der Waals surface area contributed by atoms with Crippen molar-refractivity contribution in [2.24, 2.45) is 5.73 Å². The fourth-order valence-corrected chi connectivity index (χ4v) is 1.83. The summed E-state index contributed by atoms with van der Waals surface area (Å²) in [7, 11) is 1.58. The maximum absolute atomic E-state index is 11.1. The van der Waals surface area contributed by atoms with Gasteiger partial charge in [0.2, 0.25) is 0 Å². The molecule has 6 nitrogen and oxygen atoms in total. The van der Waals surface area contributed by atoms with Crippen LogP contribution < -0.4 is 15.8 Å². The summed E-state index contributed by atoms with van der Waals surface area (Å²) in [5.74, 6) is 0.615. The smallest absolute Gasteiger partial charge is 0.254 e. The van der Waals surface area contributed by atoms with E-state index < -0.39 is 5.91 Å². The van der Waals surface area contributed by atoms with Gasteiger partial charge in [0.15, 0.2) is 0 Å². The number of nitrogens with one attached hydrogen (secondary N) is 2. The van der Waals surface area contributed by atoms with Crippen molar-refractivity contribution in [3.05, 3.63) is 40.5 Å². The maximum atomic E-state index is 11.1. The normalized spacial score (nSPS) is 10.2. The van der Waals surface area contributed by atoms with Crippen LogP contribution in [-0.4, -0.2) is 23.2 Å². The van der Waals surface area contributed by atoms with Gasteiger partial charge in [-0.3, -0.25) is 9.89 Å². The Morgan fingerprint density at radius 1 is 1.58 bits per heavy atom. The van der Waals surface area contributed by atoms with Crippen molar-refractivity contribution >= 4 is 23.3 Å². The van der Waals surface area contributed by atoms with Gasteiger partial charge in [-0.25, -0.2) is 0 Å². The summed E-state index contributed by atoms with van der Waals surface area (Å²) < 4.78 is 5.07. The number of anilines is 1. The average Bonchev–Trinajstić information content (AvgIpc) is 2.85. The van der Waals surface area contributed by atoms with E-state index in [1.165, 1.54) is 6.20 Å². The summed E-state index contributed by atoms with van der Waals surface area (Å²) in [5, 5.41) is 10.0. The molecule has 0 fully saturated rings. The Labute approximate surface area is 114 Å². The summed E-state index contributed by atoms with van der Waals surface area (Å²) in [6.45, 7) is 0.436. The van der Waals surface area contributed by atoms with Crippen molar-refractivity contribution < 1.29 is 9.53 Å². The third-order valence-corrected chi connectivity index (χ3v) is 2.97. The lowest BCUT2D eigenvalue weighted by Gasteiger charge is -2.08. The van der Waals surface area contributed by atoms with E-state index >= 15 is 0 Å². The van der Waals surface area contributed by atoms with Crippen molar-refractivity contribution in [1.29, 1.82) is 0 Å². The predicted octanol–water partition coefficient (Wildman–Crippen LogP) is 1.78. The van der Waals surface area contributed by atoms with Crippen molar-refractivity contribution in [2.75, 3.05) is 12.4 Å². The second kappa shape index (κ2) is 5.62. The summed E-state index contributed by atoms with van der Waals surface area (Å²) >= 11 is 6.11. The predicted molar refractivity (Wildman–Crippen MR) is 72.4 cm³/mol. The second-order valence-corrected chi connectivity index (χ2v) is 4.24. The molecule has 1 heterocycles. The first-order valence-electron chi connectivity index (χ1n) is 5.51. The summed E-state index contributed by atoms with van der Waals surface area (Å²) in [5.41, 5.74) is 6.39. The Morgan fingerprint density at radius 2 is 2.37 bits per heavy atom. The van der Waals surface area contributed by atoms with E-state index in [1.807, 2.05) is 12.1 Å². The molecule has 0 unspecified atom stereocenters. The van der Waals surface area contributed by atoms with Crippen LogP contribution in [0.25, 0.3) is 0 Å². The topological polar surface area (TPSA) is 93.0 Å². The van der Waals surface area contributed by atoms with Gasteiger partial charge < -0.3 is 15.8 Å². The van der Waals surface area contributed by atoms with Crippen LogP contribution in [-0.2, 0) is 6.54 Å². The zero-order chi connectivity index (χ0) is 13.8. The van der Waals surface area contributed by atoms with Crippen LogP contribution in [0.5, 0.6) is 5.75 Å². The molecule has 2 aromatic rings. The first-order valence-corrected chi connectivity index (χ1v) is 5.89. The number of H-pyrrole nitrogens is 1.